The van der Waals surface area contributed by atoms with Crippen LogP contribution in [0.4, 0.5) is 14.9 Å². The predicted octanol–water partition coefficient (Wildman–Crippen LogP) is 3.12. The van der Waals surface area contributed by atoms with E-state index in [4.69, 9.17) is 9.47 Å². The number of nitrogens with zero attached hydrogens (tertiary/aromatic N) is 2. The lowest BCUT2D eigenvalue weighted by Gasteiger charge is -2.31. The second-order valence-electron chi connectivity index (χ2n) is 9.31. The van der Waals surface area contributed by atoms with Crippen molar-refractivity contribution in [1.82, 2.24) is 10.2 Å². The van der Waals surface area contributed by atoms with Gasteiger partial charge in [-0.15, -0.1) is 0 Å². The summed E-state index contributed by atoms with van der Waals surface area (Å²) >= 11 is 0. The number of amides is 2. The molecular weight excluding hydrogens is 489 g/mol. The number of phenolic OH excluding ortho intramolecular Hbond substituents is 1. The second kappa shape index (κ2) is 12.2. The molecule has 11 nitrogen and oxygen atoms in total. The number of halogens is 1. The first kappa shape index (κ1) is 29.0. The number of esters is 1. The molecule has 2 amide bonds. The normalized spacial score (nSPS) is 12.7. The maximum Gasteiger partial charge on any atom is 0.410 e. The number of hydrogen-bond donors (Lipinski definition) is 2. The van der Waals surface area contributed by atoms with Crippen LogP contribution in [0.2, 0.25) is 0 Å². The number of phenols is 1. The summed E-state index contributed by atoms with van der Waals surface area (Å²) in [5, 5.41) is 23.0. The number of carbonyl (C=O) groups is 3. The van der Waals surface area contributed by atoms with E-state index in [1.54, 1.807) is 32.9 Å². The fraction of sp³-hybridized carbons (Fsp3) is 0.400. The Morgan fingerprint density at radius 1 is 1.11 bits per heavy atom. The zero-order chi connectivity index (χ0) is 27.9. The minimum atomic E-state index is -1.28. The van der Waals surface area contributed by atoms with E-state index in [-0.39, 0.29) is 24.2 Å². The van der Waals surface area contributed by atoms with E-state index in [9.17, 15) is 34.0 Å². The monoisotopic (exact) mass is 519 g/mol. The summed E-state index contributed by atoms with van der Waals surface area (Å²) in [6, 6.07) is 6.73. The Morgan fingerprint density at radius 3 is 2.22 bits per heavy atom. The topological polar surface area (TPSA) is 148 Å². The van der Waals surface area contributed by atoms with Crippen LogP contribution in [0.1, 0.15) is 31.9 Å². The van der Waals surface area contributed by atoms with Gasteiger partial charge in [0.15, 0.2) is 0 Å². The first-order valence-electron chi connectivity index (χ1n) is 11.3. The maximum absolute atomic E-state index is 14.1. The number of ether oxygens (including phenoxy) is 2. The molecule has 0 radical (unpaired) electrons. The van der Waals surface area contributed by atoms with Crippen LogP contribution in [0.15, 0.2) is 42.5 Å². The van der Waals surface area contributed by atoms with Crippen LogP contribution in [-0.2, 0) is 31.9 Å². The van der Waals surface area contributed by atoms with E-state index >= 15 is 0 Å². The number of nitrogens with one attached hydrogen (secondary N) is 1. The molecule has 0 aliphatic rings. The Kier molecular flexibility index (Phi) is 9.53. The highest BCUT2D eigenvalue weighted by atomic mass is 19.1. The number of aromatic hydroxyl groups is 1. The fourth-order valence-corrected chi connectivity index (χ4v) is 3.39. The van der Waals surface area contributed by atoms with Crippen molar-refractivity contribution in [2.75, 3.05) is 14.2 Å². The Labute approximate surface area is 213 Å². The van der Waals surface area contributed by atoms with Crippen molar-refractivity contribution in [3.05, 3.63) is 69.5 Å². The molecule has 2 rings (SSSR count). The highest BCUT2D eigenvalue weighted by Crippen LogP contribution is 2.20. The highest BCUT2D eigenvalue weighted by molar-refractivity contribution is 5.90. The number of likely N-dealkylation sites (N-methyl/N-ethyl adjacent to an activating group) is 1. The molecule has 0 aliphatic carbocycles. The first-order valence-corrected chi connectivity index (χ1v) is 11.3. The van der Waals surface area contributed by atoms with Gasteiger partial charge in [0.25, 0.3) is 0 Å². The molecule has 37 heavy (non-hydrogen) atoms. The molecule has 2 aromatic carbocycles. The highest BCUT2D eigenvalue weighted by Gasteiger charge is 2.33. The quantitative estimate of drug-likeness (QED) is 0.292. The number of carbonyl (C=O) groups excluding carboxylic acids is 3. The average Bonchev–Trinajstić information content (AvgIpc) is 2.80. The molecule has 0 unspecified atom stereocenters. The summed E-state index contributed by atoms with van der Waals surface area (Å²) < 4.78 is 24.3. The van der Waals surface area contributed by atoms with E-state index < -0.39 is 52.1 Å². The minimum Gasteiger partial charge on any atom is -0.508 e. The molecule has 0 aromatic heterocycles. The summed E-state index contributed by atoms with van der Waals surface area (Å²) in [4.78, 5) is 49.7. The molecule has 0 aliphatic heterocycles. The number of methoxy groups -OCH3 is 1. The van der Waals surface area contributed by atoms with Crippen LogP contribution in [0, 0.1) is 15.9 Å². The lowest BCUT2D eigenvalue weighted by atomic mass is 10.0. The smallest absolute Gasteiger partial charge is 0.410 e. The van der Waals surface area contributed by atoms with Crippen molar-refractivity contribution in [2.45, 2.75) is 51.3 Å². The van der Waals surface area contributed by atoms with Crippen LogP contribution in [0.3, 0.4) is 0 Å². The third-order valence-electron chi connectivity index (χ3n) is 5.27. The third kappa shape index (κ3) is 8.44. The van der Waals surface area contributed by atoms with Gasteiger partial charge in [-0.25, -0.2) is 9.59 Å². The Hall–Kier alpha value is -4.22. The van der Waals surface area contributed by atoms with Gasteiger partial charge in [0.1, 0.15) is 23.4 Å². The van der Waals surface area contributed by atoms with Crippen molar-refractivity contribution in [3.63, 3.8) is 0 Å². The standard InChI is InChI=1S/C25H30FN3O8/c1-25(2,3)37-24(33)28(4)21(14-15-6-9-17(30)10-7-15)22(31)27-19(23(32)36-5)13-16-8-11-20(29(34)35)18(26)12-16/h6-12,19,21,30H,13-14H2,1-5H3,(H,27,31)/t19-,21-/m0/s1. The van der Waals surface area contributed by atoms with E-state index in [2.05, 4.69) is 5.32 Å². The lowest BCUT2D eigenvalue weighted by Crippen LogP contribution is -2.54. The second-order valence-corrected chi connectivity index (χ2v) is 9.31. The Bertz CT molecular complexity index is 1150. The van der Waals surface area contributed by atoms with Crippen LogP contribution >= 0.6 is 0 Å². The van der Waals surface area contributed by atoms with Crippen molar-refractivity contribution in [3.8, 4) is 5.75 Å². The predicted molar refractivity (Wildman–Crippen MR) is 130 cm³/mol. The van der Waals surface area contributed by atoms with E-state index in [0.717, 1.165) is 24.1 Å². The molecule has 12 heteroatoms. The van der Waals surface area contributed by atoms with Crippen molar-refractivity contribution in [2.24, 2.45) is 0 Å². The first-order chi connectivity index (χ1) is 17.2. The summed E-state index contributed by atoms with van der Waals surface area (Å²) in [6.45, 7) is 5.01. The zero-order valence-corrected chi connectivity index (χ0v) is 21.2. The summed E-state index contributed by atoms with van der Waals surface area (Å²) in [7, 11) is 2.48. The van der Waals surface area contributed by atoms with Crippen molar-refractivity contribution in [1.29, 1.82) is 0 Å². The van der Waals surface area contributed by atoms with Gasteiger partial charge >= 0.3 is 17.7 Å². The molecule has 2 atom stereocenters. The number of hydrogen-bond acceptors (Lipinski definition) is 8. The lowest BCUT2D eigenvalue weighted by molar-refractivity contribution is -0.387. The van der Waals surface area contributed by atoms with Crippen LogP contribution in [0.5, 0.6) is 5.75 Å². The van der Waals surface area contributed by atoms with Crippen LogP contribution in [-0.4, -0.2) is 64.7 Å². The molecule has 0 saturated carbocycles. The maximum atomic E-state index is 14.1. The number of nitro benzene ring substituents is 1. The average molecular weight is 520 g/mol. The van der Waals surface area contributed by atoms with E-state index in [1.165, 1.54) is 25.2 Å². The van der Waals surface area contributed by atoms with E-state index in [0.29, 0.717) is 5.56 Å². The van der Waals surface area contributed by atoms with Gasteiger partial charge in [-0.2, -0.15) is 4.39 Å². The molecular formula is C25H30FN3O8. The molecule has 0 fully saturated rings. The fourth-order valence-electron chi connectivity index (χ4n) is 3.39. The van der Waals surface area contributed by atoms with Crippen LogP contribution in [0.25, 0.3) is 0 Å². The van der Waals surface area contributed by atoms with Gasteiger partial charge in [-0.1, -0.05) is 18.2 Å². The van der Waals surface area contributed by atoms with Crippen LogP contribution < -0.4 is 5.32 Å². The van der Waals surface area contributed by atoms with Gasteiger partial charge in [-0.3, -0.25) is 19.8 Å². The molecule has 200 valence electrons. The SMILES string of the molecule is COC(=O)[C@H](Cc1ccc([N+](=O)[O-])c(F)c1)NC(=O)[C@H](Cc1ccc(O)cc1)N(C)C(=O)OC(C)(C)C. The number of benzene rings is 2. The summed E-state index contributed by atoms with van der Waals surface area (Å²) in [5.41, 5.74) is -0.746. The molecule has 0 saturated heterocycles. The summed E-state index contributed by atoms with van der Waals surface area (Å²) in [6.07, 6.45) is -0.990. The molecule has 0 spiro atoms. The van der Waals surface area contributed by atoms with Gasteiger partial charge in [0, 0.05) is 26.0 Å². The largest absolute Gasteiger partial charge is 0.508 e. The van der Waals surface area contributed by atoms with Crippen molar-refractivity contribution < 1.29 is 38.3 Å². The van der Waals surface area contributed by atoms with Gasteiger partial charge < -0.3 is 19.9 Å². The molecule has 2 aromatic rings. The van der Waals surface area contributed by atoms with Crippen molar-refractivity contribution >= 4 is 23.7 Å². The Balaban J connectivity index is 2.33. The minimum absolute atomic E-state index is 0.0158. The summed E-state index contributed by atoms with van der Waals surface area (Å²) in [5.74, 6) is -2.63. The van der Waals surface area contributed by atoms with E-state index in [1.807, 2.05) is 0 Å². The number of rotatable bonds is 9. The zero-order valence-electron chi connectivity index (χ0n) is 21.2. The molecule has 2 N–H and O–H groups in total. The number of nitro groups is 1. The molecule has 0 bridgehead atoms. The van der Waals surface area contributed by atoms with Gasteiger partial charge in [0.05, 0.1) is 12.0 Å². The Morgan fingerprint density at radius 2 is 1.70 bits per heavy atom. The van der Waals surface area contributed by atoms with Gasteiger partial charge in [0.2, 0.25) is 11.7 Å². The third-order valence-corrected chi connectivity index (χ3v) is 5.27. The molecule has 0 heterocycles. The van der Waals surface area contributed by atoms with Gasteiger partial charge in [-0.05, 0) is 50.1 Å².